The van der Waals surface area contributed by atoms with Crippen molar-refractivity contribution >= 4 is 35.6 Å². The lowest BCUT2D eigenvalue weighted by Crippen LogP contribution is -2.37. The lowest BCUT2D eigenvalue weighted by Gasteiger charge is -2.16. The molecule has 2 aliphatic heterocycles. The van der Waals surface area contributed by atoms with Crippen molar-refractivity contribution in [3.63, 3.8) is 0 Å². The number of aryl methyl sites for hydroxylation is 1. The van der Waals surface area contributed by atoms with Gasteiger partial charge in [0.15, 0.2) is 0 Å². The largest absolute Gasteiger partial charge is 0.458 e. The maximum absolute atomic E-state index is 12.4. The molecule has 15 nitrogen and oxygen atoms in total. The highest BCUT2D eigenvalue weighted by Crippen LogP contribution is 2.33. The first kappa shape index (κ1) is 35.6. The number of anilines is 1. The molecule has 0 aliphatic carbocycles. The molecule has 0 spiro atoms. The summed E-state index contributed by atoms with van der Waals surface area (Å²) < 4.78 is 7.55. The number of hydrogen-bond donors (Lipinski definition) is 5. The Morgan fingerprint density at radius 3 is 2.73 bits per heavy atom. The fourth-order valence-electron chi connectivity index (χ4n) is 6.12. The minimum Gasteiger partial charge on any atom is -0.458 e. The Balaban J connectivity index is 0.823. The van der Waals surface area contributed by atoms with Crippen LogP contribution < -0.4 is 31.3 Å². The third-order valence-electron chi connectivity index (χ3n) is 8.86. The van der Waals surface area contributed by atoms with E-state index in [0.717, 1.165) is 40.8 Å². The molecule has 0 radical (unpaired) electrons. The summed E-state index contributed by atoms with van der Waals surface area (Å²) in [5, 5.41) is 23.4. The maximum Gasteiger partial charge on any atom is 0.321 e. The molecule has 0 unspecified atom stereocenters. The van der Waals surface area contributed by atoms with E-state index in [1.807, 2.05) is 42.1 Å². The number of benzene rings is 2. The Bertz CT molecular complexity index is 1790. The monoisotopic (exact) mass is 713 g/mol. The van der Waals surface area contributed by atoms with Crippen LogP contribution in [0.2, 0.25) is 0 Å². The number of nitrogens with zero attached hydrogens (tertiary/aromatic N) is 6. The summed E-state index contributed by atoms with van der Waals surface area (Å²) in [4.78, 5) is 48.9. The van der Waals surface area contributed by atoms with E-state index in [1.54, 1.807) is 10.9 Å². The average Bonchev–Trinajstić information content (AvgIpc) is 3.86. The van der Waals surface area contributed by atoms with Crippen LogP contribution in [0.4, 0.5) is 10.7 Å². The second-order valence-electron chi connectivity index (χ2n) is 12.4. The molecule has 2 aromatic heterocycles. The molecule has 2 saturated heterocycles. The summed E-state index contributed by atoms with van der Waals surface area (Å²) in [7, 11) is 0. The number of carbonyl (C=O) groups excluding carboxylic acids is 3. The van der Waals surface area contributed by atoms with Crippen LogP contribution in [-0.2, 0) is 29.2 Å². The number of rotatable bonds is 18. The Labute approximate surface area is 300 Å². The molecule has 4 aromatic rings. The van der Waals surface area contributed by atoms with Gasteiger partial charge in [-0.05, 0) is 42.0 Å². The summed E-state index contributed by atoms with van der Waals surface area (Å²) in [6, 6.07) is 16.8. The number of nitrogens with one attached hydrogen (secondary N) is 5. The number of ether oxygens (including phenoxy) is 1. The fraction of sp³-hybridized carbons (Fsp3) is 0.429. The van der Waals surface area contributed by atoms with Crippen LogP contribution in [0.3, 0.4) is 0 Å². The van der Waals surface area contributed by atoms with Crippen molar-refractivity contribution in [1.29, 1.82) is 0 Å². The topological polar surface area (TPSA) is 190 Å². The van der Waals surface area contributed by atoms with Gasteiger partial charge >= 0.3 is 12.0 Å². The lowest BCUT2D eigenvalue weighted by molar-refractivity contribution is -0.121. The van der Waals surface area contributed by atoms with Gasteiger partial charge in [0.1, 0.15) is 12.9 Å². The van der Waals surface area contributed by atoms with Crippen LogP contribution in [0.25, 0.3) is 11.1 Å². The summed E-state index contributed by atoms with van der Waals surface area (Å²) in [6.45, 7) is 4.13. The molecule has 2 fully saturated rings. The number of hydrogen-bond acceptors (Lipinski definition) is 11. The van der Waals surface area contributed by atoms with E-state index >= 15 is 0 Å². The molecule has 4 heterocycles. The van der Waals surface area contributed by atoms with Gasteiger partial charge in [0, 0.05) is 56.1 Å². The fourth-order valence-corrected chi connectivity index (χ4v) is 7.67. The summed E-state index contributed by atoms with van der Waals surface area (Å²) in [6.07, 6.45) is 6.00. The van der Waals surface area contributed by atoms with Crippen LogP contribution in [0.5, 0.6) is 6.01 Å². The molecule has 0 saturated carbocycles. The number of fused-ring (bicyclic) bond motifs is 1. The van der Waals surface area contributed by atoms with E-state index in [2.05, 4.69) is 77.0 Å². The smallest absolute Gasteiger partial charge is 0.321 e. The summed E-state index contributed by atoms with van der Waals surface area (Å²) in [5.41, 5.74) is 5.19. The van der Waals surface area contributed by atoms with Crippen molar-refractivity contribution in [3.05, 3.63) is 77.9 Å². The Morgan fingerprint density at radius 1 is 1.00 bits per heavy atom. The highest BCUT2D eigenvalue weighted by molar-refractivity contribution is 8.00. The lowest BCUT2D eigenvalue weighted by atomic mass is 9.97. The minimum atomic E-state index is -0.107. The molecular formula is C35H43N11O4S. The van der Waals surface area contributed by atoms with Crippen molar-refractivity contribution in [2.45, 2.75) is 69.5 Å². The van der Waals surface area contributed by atoms with Gasteiger partial charge in [-0.25, -0.2) is 9.78 Å². The van der Waals surface area contributed by atoms with Crippen LogP contribution in [0, 0.1) is 6.92 Å². The van der Waals surface area contributed by atoms with Crippen LogP contribution >= 0.6 is 11.8 Å². The van der Waals surface area contributed by atoms with Crippen molar-refractivity contribution in [1.82, 2.24) is 51.2 Å². The third-order valence-corrected chi connectivity index (χ3v) is 10.4. The van der Waals surface area contributed by atoms with Gasteiger partial charge in [-0.1, -0.05) is 53.7 Å². The molecule has 51 heavy (non-hydrogen) atoms. The minimum absolute atomic E-state index is 0.00478. The van der Waals surface area contributed by atoms with E-state index in [0.29, 0.717) is 62.5 Å². The number of amides is 4. The maximum atomic E-state index is 12.4. The average molecular weight is 714 g/mol. The van der Waals surface area contributed by atoms with Gasteiger partial charge in [0.25, 0.3) is 0 Å². The molecular weight excluding hydrogens is 671 g/mol. The van der Waals surface area contributed by atoms with Crippen molar-refractivity contribution in [2.75, 3.05) is 30.7 Å². The van der Waals surface area contributed by atoms with Gasteiger partial charge in [0.2, 0.25) is 17.8 Å². The highest BCUT2D eigenvalue weighted by atomic mass is 32.2. The van der Waals surface area contributed by atoms with Gasteiger partial charge in [-0.2, -0.15) is 21.7 Å². The predicted molar refractivity (Wildman–Crippen MR) is 193 cm³/mol. The summed E-state index contributed by atoms with van der Waals surface area (Å²) in [5.74, 6) is 1.16. The Morgan fingerprint density at radius 2 is 1.84 bits per heavy atom. The molecule has 5 N–H and O–H groups in total. The van der Waals surface area contributed by atoms with Crippen LogP contribution in [-0.4, -0.2) is 90.5 Å². The Hall–Kier alpha value is -5.25. The molecule has 4 amide bonds. The van der Waals surface area contributed by atoms with E-state index in [1.165, 1.54) is 6.33 Å². The quantitative estimate of drug-likeness (QED) is 0.0753. The molecule has 2 aromatic carbocycles. The van der Waals surface area contributed by atoms with E-state index in [-0.39, 0.29) is 42.4 Å². The first-order chi connectivity index (χ1) is 24.9. The normalized spacial score (nSPS) is 17.7. The zero-order valence-corrected chi connectivity index (χ0v) is 29.3. The zero-order chi connectivity index (χ0) is 35.4. The van der Waals surface area contributed by atoms with Crippen molar-refractivity contribution in [2.24, 2.45) is 0 Å². The summed E-state index contributed by atoms with van der Waals surface area (Å²) >= 11 is 1.85. The number of urea groups is 1. The van der Waals surface area contributed by atoms with E-state index in [4.69, 9.17) is 4.74 Å². The first-order valence-corrected chi connectivity index (χ1v) is 18.3. The second kappa shape index (κ2) is 17.6. The predicted octanol–water partition coefficient (Wildman–Crippen LogP) is 2.63. The van der Waals surface area contributed by atoms with E-state index in [9.17, 15) is 14.4 Å². The van der Waals surface area contributed by atoms with Gasteiger partial charge < -0.3 is 31.3 Å². The molecule has 6 rings (SSSR count). The Kier molecular flexibility index (Phi) is 12.3. The molecule has 268 valence electrons. The number of aromatic nitrogens is 6. The molecule has 3 atom stereocenters. The molecule has 16 heteroatoms. The van der Waals surface area contributed by atoms with Crippen LogP contribution in [0.15, 0.2) is 61.1 Å². The SMILES string of the molecule is Cc1c(COc2ncnc(NCCNC(=O)CCc3cn(CCNC(=O)CCC[C@@H]4SC[C@@H]5NC(=O)N[C@@H]54)nn3)n2)cccc1-c1ccccc1. The number of thioether (sulfide) groups is 1. The van der Waals surface area contributed by atoms with Crippen molar-refractivity contribution < 1.29 is 19.1 Å². The van der Waals surface area contributed by atoms with Gasteiger partial charge in [-0.15, -0.1) is 5.10 Å². The molecule has 0 bridgehead atoms. The highest BCUT2D eigenvalue weighted by Gasteiger charge is 2.42. The number of carbonyl (C=O) groups is 3. The molecule has 2 aliphatic rings. The van der Waals surface area contributed by atoms with E-state index < -0.39 is 0 Å². The van der Waals surface area contributed by atoms with Crippen molar-refractivity contribution in [3.8, 4) is 17.1 Å². The zero-order valence-electron chi connectivity index (χ0n) is 28.5. The first-order valence-electron chi connectivity index (χ1n) is 17.2. The van der Waals surface area contributed by atoms with Crippen LogP contribution in [0.1, 0.15) is 42.5 Å². The third kappa shape index (κ3) is 10.2. The van der Waals surface area contributed by atoms with Gasteiger partial charge in [-0.3, -0.25) is 14.3 Å². The second-order valence-corrected chi connectivity index (χ2v) is 13.7. The standard InChI is InChI=1S/C35H43N11O4S/c1-23-25(9-5-10-27(23)24-7-3-2-4-8-24)20-50-35-40-22-39-33(43-35)38-16-15-36-31(48)14-13-26-19-46(45-44-26)18-17-37-30(47)12-6-11-29-32-28(21-51-29)41-34(49)42-32/h2-5,7-10,19,22,28-29,32H,6,11-18,20-21H2,1H3,(H,36,48)(H,37,47)(H2,41,42,49)(H,38,39,40,43)/t28-,29-,32-/m0/s1. The van der Waals surface area contributed by atoms with Gasteiger partial charge in [0.05, 0.1) is 24.3 Å².